The number of aromatic amines is 2. The summed E-state index contributed by atoms with van der Waals surface area (Å²) in [6.07, 6.45) is 2.17. The minimum atomic E-state index is 0.0140. The number of hydrogen-bond acceptors (Lipinski definition) is 4. The van der Waals surface area contributed by atoms with Crippen molar-refractivity contribution in [2.75, 3.05) is 13.6 Å². The van der Waals surface area contributed by atoms with Gasteiger partial charge in [0.1, 0.15) is 0 Å². The number of nitrogens with zero attached hydrogens (tertiary/aromatic N) is 4. The third-order valence-electron chi connectivity index (χ3n) is 3.85. The van der Waals surface area contributed by atoms with Crippen LogP contribution in [-0.2, 0) is 11.2 Å². The molecule has 3 aromatic rings. The van der Waals surface area contributed by atoms with Crippen molar-refractivity contribution in [1.29, 1.82) is 0 Å². The van der Waals surface area contributed by atoms with Gasteiger partial charge in [-0.05, 0) is 23.8 Å². The van der Waals surface area contributed by atoms with Gasteiger partial charge >= 0.3 is 0 Å². The standard InChI is InChI=1S/C15H17ClN6O/c1-9(15-18-20-21-19-15)8-22(2)14(23)5-10-7-17-13-4-3-11(16)6-12(10)13/h3-4,6-7,9,17H,5,8H2,1-2H3,(H,18,19,20,21). The molecular formula is C15H17ClN6O. The molecule has 0 saturated carbocycles. The van der Waals surface area contributed by atoms with Crippen LogP contribution in [0.4, 0.5) is 0 Å². The summed E-state index contributed by atoms with van der Waals surface area (Å²) in [5, 5.41) is 15.5. The lowest BCUT2D eigenvalue weighted by Crippen LogP contribution is -2.31. The van der Waals surface area contributed by atoms with E-state index in [0.29, 0.717) is 23.8 Å². The first-order valence-electron chi connectivity index (χ1n) is 7.27. The van der Waals surface area contributed by atoms with Crippen molar-refractivity contribution in [2.45, 2.75) is 19.3 Å². The number of fused-ring (bicyclic) bond motifs is 1. The molecule has 0 saturated heterocycles. The highest BCUT2D eigenvalue weighted by molar-refractivity contribution is 6.31. The molecule has 120 valence electrons. The fourth-order valence-electron chi connectivity index (χ4n) is 2.57. The van der Waals surface area contributed by atoms with Gasteiger partial charge in [0.15, 0.2) is 5.82 Å². The smallest absolute Gasteiger partial charge is 0.226 e. The fraction of sp³-hybridized carbons (Fsp3) is 0.333. The molecule has 0 spiro atoms. The minimum absolute atomic E-state index is 0.0140. The van der Waals surface area contributed by atoms with E-state index in [1.54, 1.807) is 11.9 Å². The van der Waals surface area contributed by atoms with Crippen LogP contribution in [0.1, 0.15) is 24.2 Å². The molecule has 0 fully saturated rings. The summed E-state index contributed by atoms with van der Waals surface area (Å²) in [7, 11) is 1.78. The predicted molar refractivity (Wildman–Crippen MR) is 87.2 cm³/mol. The van der Waals surface area contributed by atoms with Crippen LogP contribution >= 0.6 is 11.6 Å². The second kappa shape index (κ2) is 6.37. The average Bonchev–Trinajstić information content (AvgIpc) is 3.17. The largest absolute Gasteiger partial charge is 0.361 e. The number of carbonyl (C=O) groups excluding carboxylic acids is 1. The van der Waals surface area contributed by atoms with E-state index < -0.39 is 0 Å². The molecule has 0 bridgehead atoms. The number of amides is 1. The van der Waals surface area contributed by atoms with Crippen LogP contribution in [0, 0.1) is 0 Å². The van der Waals surface area contributed by atoms with Crippen LogP contribution in [0.3, 0.4) is 0 Å². The molecule has 2 heterocycles. The van der Waals surface area contributed by atoms with Crippen molar-refractivity contribution in [3.05, 3.63) is 40.8 Å². The van der Waals surface area contributed by atoms with E-state index >= 15 is 0 Å². The first-order valence-corrected chi connectivity index (χ1v) is 7.65. The van der Waals surface area contributed by atoms with Crippen molar-refractivity contribution in [1.82, 2.24) is 30.5 Å². The predicted octanol–water partition coefficient (Wildman–Crippen LogP) is 2.14. The zero-order valence-electron chi connectivity index (χ0n) is 12.9. The second-order valence-corrected chi connectivity index (χ2v) is 6.06. The highest BCUT2D eigenvalue weighted by Gasteiger charge is 2.18. The van der Waals surface area contributed by atoms with Gasteiger partial charge in [0, 0.05) is 41.6 Å². The van der Waals surface area contributed by atoms with Crippen molar-refractivity contribution in [2.24, 2.45) is 0 Å². The van der Waals surface area contributed by atoms with E-state index in [1.807, 2.05) is 31.3 Å². The summed E-state index contributed by atoms with van der Waals surface area (Å²) in [5.41, 5.74) is 1.91. The lowest BCUT2D eigenvalue weighted by Gasteiger charge is -2.19. The lowest BCUT2D eigenvalue weighted by atomic mass is 10.1. The van der Waals surface area contributed by atoms with E-state index in [4.69, 9.17) is 11.6 Å². The molecule has 0 radical (unpaired) electrons. The van der Waals surface area contributed by atoms with Crippen LogP contribution in [0.25, 0.3) is 10.9 Å². The summed E-state index contributed by atoms with van der Waals surface area (Å²) >= 11 is 6.04. The minimum Gasteiger partial charge on any atom is -0.361 e. The molecule has 2 aromatic heterocycles. The number of carbonyl (C=O) groups is 1. The fourth-order valence-corrected chi connectivity index (χ4v) is 2.74. The van der Waals surface area contributed by atoms with Gasteiger partial charge in [0.2, 0.25) is 5.91 Å². The molecule has 2 N–H and O–H groups in total. The van der Waals surface area contributed by atoms with Gasteiger partial charge in [-0.15, -0.1) is 10.2 Å². The summed E-state index contributed by atoms with van der Waals surface area (Å²) in [5.74, 6) is 0.643. The van der Waals surface area contributed by atoms with Crippen LogP contribution in [0.5, 0.6) is 0 Å². The SMILES string of the molecule is CC(CN(C)C(=O)Cc1c[nH]c2ccc(Cl)cc12)c1nn[nH]n1. The van der Waals surface area contributed by atoms with Crippen molar-refractivity contribution >= 4 is 28.4 Å². The molecule has 1 unspecified atom stereocenters. The highest BCUT2D eigenvalue weighted by Crippen LogP contribution is 2.23. The van der Waals surface area contributed by atoms with Crippen LogP contribution < -0.4 is 0 Å². The quantitative estimate of drug-likeness (QED) is 0.749. The van der Waals surface area contributed by atoms with Gasteiger partial charge in [-0.3, -0.25) is 4.79 Å². The van der Waals surface area contributed by atoms with Gasteiger partial charge in [0.05, 0.1) is 6.42 Å². The maximum absolute atomic E-state index is 12.5. The Labute approximate surface area is 138 Å². The monoisotopic (exact) mass is 332 g/mol. The number of benzene rings is 1. The molecule has 1 aromatic carbocycles. The summed E-state index contributed by atoms with van der Waals surface area (Å²) in [4.78, 5) is 17.3. The first-order chi connectivity index (χ1) is 11.0. The maximum Gasteiger partial charge on any atom is 0.226 e. The third kappa shape index (κ3) is 3.34. The van der Waals surface area contributed by atoms with Crippen LogP contribution in [0.2, 0.25) is 5.02 Å². The maximum atomic E-state index is 12.5. The highest BCUT2D eigenvalue weighted by atomic mass is 35.5. The van der Waals surface area contributed by atoms with Gasteiger partial charge in [-0.25, -0.2) is 0 Å². The van der Waals surface area contributed by atoms with Crippen molar-refractivity contribution < 1.29 is 4.79 Å². The van der Waals surface area contributed by atoms with E-state index in [-0.39, 0.29) is 11.8 Å². The Morgan fingerprint density at radius 2 is 2.26 bits per heavy atom. The number of rotatable bonds is 5. The van der Waals surface area contributed by atoms with Crippen molar-refractivity contribution in [3.8, 4) is 0 Å². The number of halogens is 1. The number of tetrazole rings is 1. The van der Waals surface area contributed by atoms with Gasteiger partial charge in [-0.2, -0.15) is 5.21 Å². The molecule has 1 amide bonds. The van der Waals surface area contributed by atoms with E-state index in [9.17, 15) is 4.79 Å². The van der Waals surface area contributed by atoms with Crippen molar-refractivity contribution in [3.63, 3.8) is 0 Å². The number of H-pyrrole nitrogens is 2. The Morgan fingerprint density at radius 3 is 3.00 bits per heavy atom. The number of aromatic nitrogens is 5. The third-order valence-corrected chi connectivity index (χ3v) is 4.08. The topological polar surface area (TPSA) is 90.6 Å². The average molecular weight is 333 g/mol. The van der Waals surface area contributed by atoms with Gasteiger partial charge < -0.3 is 9.88 Å². The van der Waals surface area contributed by atoms with E-state index in [0.717, 1.165) is 16.5 Å². The lowest BCUT2D eigenvalue weighted by molar-refractivity contribution is -0.129. The Hall–Kier alpha value is -2.41. The Morgan fingerprint density at radius 1 is 1.43 bits per heavy atom. The Kier molecular flexibility index (Phi) is 4.29. The van der Waals surface area contributed by atoms with E-state index in [1.165, 1.54) is 0 Å². The number of nitrogens with one attached hydrogen (secondary N) is 2. The first kappa shape index (κ1) is 15.5. The van der Waals surface area contributed by atoms with Crippen LogP contribution in [0.15, 0.2) is 24.4 Å². The number of likely N-dealkylation sites (N-methyl/N-ethyl adjacent to an activating group) is 1. The zero-order chi connectivity index (χ0) is 16.4. The molecule has 0 aliphatic heterocycles. The molecule has 0 aliphatic rings. The summed E-state index contributed by atoms with van der Waals surface area (Å²) < 4.78 is 0. The summed E-state index contributed by atoms with van der Waals surface area (Å²) in [6.45, 7) is 2.49. The second-order valence-electron chi connectivity index (χ2n) is 5.63. The Balaban J connectivity index is 1.69. The molecule has 23 heavy (non-hydrogen) atoms. The summed E-state index contributed by atoms with van der Waals surface area (Å²) in [6, 6.07) is 5.61. The molecule has 7 nitrogen and oxygen atoms in total. The number of hydrogen-bond donors (Lipinski definition) is 2. The molecule has 8 heteroatoms. The normalized spacial score (nSPS) is 12.5. The molecule has 0 aliphatic carbocycles. The molecular weight excluding hydrogens is 316 g/mol. The zero-order valence-corrected chi connectivity index (χ0v) is 13.6. The molecule has 1 atom stereocenters. The van der Waals surface area contributed by atoms with E-state index in [2.05, 4.69) is 25.6 Å². The van der Waals surface area contributed by atoms with Gasteiger partial charge in [-0.1, -0.05) is 23.7 Å². The van der Waals surface area contributed by atoms with Gasteiger partial charge in [0.25, 0.3) is 0 Å². The molecule has 3 rings (SSSR count). The Bertz CT molecular complexity index is 813. The van der Waals surface area contributed by atoms with Crippen LogP contribution in [-0.4, -0.2) is 50.0 Å².